The highest BCUT2D eigenvalue weighted by Crippen LogP contribution is 2.67. The van der Waals surface area contributed by atoms with Gasteiger partial charge in [0.05, 0.1) is 5.02 Å². The lowest BCUT2D eigenvalue weighted by Gasteiger charge is -2.59. The molecule has 146 valence electrons. The average Bonchev–Trinajstić information content (AvgIpc) is 2.88. The second kappa shape index (κ2) is 6.61. The van der Waals surface area contributed by atoms with Crippen LogP contribution in [-0.2, 0) is 0 Å². The highest BCUT2D eigenvalue weighted by Gasteiger charge is 2.57. The molecule has 1 aromatic rings. The minimum atomic E-state index is 0.293. The highest BCUT2D eigenvalue weighted by molar-refractivity contribution is 6.32. The van der Waals surface area contributed by atoms with Crippen LogP contribution < -0.4 is 0 Å². The molecule has 0 saturated heterocycles. The molecule has 0 aliphatic heterocycles. The molecule has 0 radical (unpaired) electrons. The lowest BCUT2D eigenvalue weighted by atomic mass is 9.46. The summed E-state index contributed by atoms with van der Waals surface area (Å²) in [6.45, 7) is 5.22. The Morgan fingerprint density at radius 1 is 1.00 bits per heavy atom. The monoisotopic (exact) mass is 383 g/mol. The standard InChI is InChI=1S/C25H34ClN/c1-24-13-5-3-4-6-17(24)7-8-18-20-9-10-21(19-16-27-15-12-23(19)26)25(20,2)14-11-22(18)24/h10,12,15-18,20,22H,3-9,11,13-14H2,1-2H3/t17-,18+,20+,22+,24+,25+/m1/s1. The molecule has 5 rings (SSSR count). The second-order valence-electron chi connectivity index (χ2n) is 10.4. The molecule has 0 amide bonds. The van der Waals surface area contributed by atoms with Crippen molar-refractivity contribution in [2.24, 2.45) is 34.5 Å². The number of hydrogen-bond acceptors (Lipinski definition) is 1. The van der Waals surface area contributed by atoms with Crippen LogP contribution in [0.25, 0.3) is 5.57 Å². The fourth-order valence-corrected chi connectivity index (χ4v) is 8.24. The quantitative estimate of drug-likeness (QED) is 0.487. The Kier molecular flexibility index (Phi) is 4.46. The molecule has 0 aromatic carbocycles. The Morgan fingerprint density at radius 3 is 2.74 bits per heavy atom. The lowest BCUT2D eigenvalue weighted by Crippen LogP contribution is -2.51. The molecule has 2 heteroatoms. The van der Waals surface area contributed by atoms with E-state index in [4.69, 9.17) is 11.6 Å². The largest absolute Gasteiger partial charge is 0.264 e. The fourth-order valence-electron chi connectivity index (χ4n) is 8.03. The van der Waals surface area contributed by atoms with Crippen LogP contribution in [0.3, 0.4) is 0 Å². The Morgan fingerprint density at radius 2 is 1.89 bits per heavy atom. The van der Waals surface area contributed by atoms with Crippen LogP contribution in [0.1, 0.15) is 83.6 Å². The predicted molar refractivity (Wildman–Crippen MR) is 114 cm³/mol. The summed E-state index contributed by atoms with van der Waals surface area (Å²) < 4.78 is 0. The van der Waals surface area contributed by atoms with Gasteiger partial charge in [-0.3, -0.25) is 4.98 Å². The van der Waals surface area contributed by atoms with Gasteiger partial charge >= 0.3 is 0 Å². The number of hydrogen-bond donors (Lipinski definition) is 0. The van der Waals surface area contributed by atoms with E-state index in [1.807, 2.05) is 18.5 Å². The van der Waals surface area contributed by atoms with E-state index in [0.717, 1.165) is 28.7 Å². The number of halogens is 1. The van der Waals surface area contributed by atoms with Crippen LogP contribution in [-0.4, -0.2) is 4.98 Å². The molecule has 1 heterocycles. The minimum Gasteiger partial charge on any atom is -0.264 e. The third-order valence-electron chi connectivity index (χ3n) is 9.47. The maximum Gasteiger partial charge on any atom is 0.0512 e. The molecule has 0 N–H and O–H groups in total. The Hall–Kier alpha value is -0.820. The molecule has 3 fully saturated rings. The number of pyridine rings is 1. The van der Waals surface area contributed by atoms with E-state index in [9.17, 15) is 0 Å². The molecule has 4 aliphatic rings. The van der Waals surface area contributed by atoms with Gasteiger partial charge in [-0.05, 0) is 91.1 Å². The Bertz CT molecular complexity index is 754. The van der Waals surface area contributed by atoms with Gasteiger partial charge in [-0.2, -0.15) is 0 Å². The molecule has 27 heavy (non-hydrogen) atoms. The first-order valence-corrected chi connectivity index (χ1v) is 11.7. The molecule has 6 atom stereocenters. The first kappa shape index (κ1) is 18.2. The summed E-state index contributed by atoms with van der Waals surface area (Å²) in [6.07, 6.45) is 20.7. The number of rotatable bonds is 1. The van der Waals surface area contributed by atoms with Gasteiger partial charge in [0.2, 0.25) is 0 Å². The maximum atomic E-state index is 6.59. The normalized spacial score (nSPS) is 43.9. The van der Waals surface area contributed by atoms with Gasteiger partial charge in [-0.25, -0.2) is 0 Å². The van der Waals surface area contributed by atoms with Crippen molar-refractivity contribution in [3.05, 3.63) is 35.1 Å². The number of fused-ring (bicyclic) bond motifs is 5. The summed E-state index contributed by atoms with van der Waals surface area (Å²) >= 11 is 6.59. The molecule has 3 saturated carbocycles. The number of aromatic nitrogens is 1. The first-order valence-electron chi connectivity index (χ1n) is 11.3. The van der Waals surface area contributed by atoms with Crippen LogP contribution in [0.2, 0.25) is 5.02 Å². The molecular formula is C25H34ClN. The molecule has 0 unspecified atom stereocenters. The topological polar surface area (TPSA) is 12.9 Å². The number of allylic oxidation sites excluding steroid dienone is 2. The summed E-state index contributed by atoms with van der Waals surface area (Å²) in [6, 6.07) is 1.96. The van der Waals surface area contributed by atoms with Crippen molar-refractivity contribution in [2.45, 2.75) is 78.1 Å². The molecule has 1 nitrogen and oxygen atoms in total. The van der Waals surface area contributed by atoms with Crippen LogP contribution in [0, 0.1) is 34.5 Å². The smallest absolute Gasteiger partial charge is 0.0512 e. The highest BCUT2D eigenvalue weighted by atomic mass is 35.5. The van der Waals surface area contributed by atoms with Gasteiger partial charge in [0.25, 0.3) is 0 Å². The Balaban J connectivity index is 1.47. The third-order valence-corrected chi connectivity index (χ3v) is 9.80. The van der Waals surface area contributed by atoms with Crippen molar-refractivity contribution in [3.63, 3.8) is 0 Å². The predicted octanol–water partition coefficient (Wildman–Crippen LogP) is 7.55. The fraction of sp³-hybridized carbons (Fsp3) is 0.720. The zero-order chi connectivity index (χ0) is 18.6. The average molecular weight is 384 g/mol. The second-order valence-corrected chi connectivity index (χ2v) is 10.8. The van der Waals surface area contributed by atoms with Crippen molar-refractivity contribution >= 4 is 17.2 Å². The molecule has 4 aliphatic carbocycles. The van der Waals surface area contributed by atoms with Crippen molar-refractivity contribution in [1.82, 2.24) is 4.98 Å². The molecule has 0 bridgehead atoms. The van der Waals surface area contributed by atoms with Crippen LogP contribution >= 0.6 is 11.6 Å². The van der Waals surface area contributed by atoms with E-state index in [-0.39, 0.29) is 0 Å². The van der Waals surface area contributed by atoms with E-state index in [1.54, 1.807) is 0 Å². The summed E-state index contributed by atoms with van der Waals surface area (Å²) in [4.78, 5) is 4.39. The third kappa shape index (κ3) is 2.67. The van der Waals surface area contributed by atoms with E-state index in [1.165, 1.54) is 75.3 Å². The van der Waals surface area contributed by atoms with Gasteiger partial charge < -0.3 is 0 Å². The summed E-state index contributed by atoms with van der Waals surface area (Å²) in [5.41, 5.74) is 3.59. The van der Waals surface area contributed by atoms with Crippen LogP contribution in [0.15, 0.2) is 24.5 Å². The maximum absolute atomic E-state index is 6.59. The summed E-state index contributed by atoms with van der Waals surface area (Å²) in [5.74, 6) is 3.66. The van der Waals surface area contributed by atoms with Crippen molar-refractivity contribution in [1.29, 1.82) is 0 Å². The Labute approximate surface area is 170 Å². The van der Waals surface area contributed by atoms with Crippen molar-refractivity contribution in [2.75, 3.05) is 0 Å². The van der Waals surface area contributed by atoms with Gasteiger partial charge in [-0.1, -0.05) is 50.8 Å². The van der Waals surface area contributed by atoms with Gasteiger partial charge in [0, 0.05) is 18.0 Å². The summed E-state index contributed by atoms with van der Waals surface area (Å²) in [7, 11) is 0. The van der Waals surface area contributed by atoms with E-state index in [0.29, 0.717) is 10.8 Å². The van der Waals surface area contributed by atoms with Crippen molar-refractivity contribution < 1.29 is 0 Å². The zero-order valence-corrected chi connectivity index (χ0v) is 17.8. The van der Waals surface area contributed by atoms with Gasteiger partial charge in [-0.15, -0.1) is 0 Å². The van der Waals surface area contributed by atoms with Crippen LogP contribution in [0.5, 0.6) is 0 Å². The first-order chi connectivity index (χ1) is 13.0. The minimum absolute atomic E-state index is 0.293. The van der Waals surface area contributed by atoms with Gasteiger partial charge in [0.15, 0.2) is 0 Å². The molecular weight excluding hydrogens is 350 g/mol. The zero-order valence-electron chi connectivity index (χ0n) is 17.0. The van der Waals surface area contributed by atoms with E-state index in [2.05, 4.69) is 24.9 Å². The van der Waals surface area contributed by atoms with E-state index < -0.39 is 0 Å². The summed E-state index contributed by atoms with van der Waals surface area (Å²) in [5, 5.41) is 0.875. The molecule has 1 aromatic heterocycles. The van der Waals surface area contributed by atoms with Crippen LogP contribution in [0.4, 0.5) is 0 Å². The number of nitrogens with zero attached hydrogens (tertiary/aromatic N) is 1. The van der Waals surface area contributed by atoms with Crippen molar-refractivity contribution in [3.8, 4) is 0 Å². The van der Waals surface area contributed by atoms with E-state index >= 15 is 0 Å². The lowest BCUT2D eigenvalue weighted by molar-refractivity contribution is -0.0808. The van der Waals surface area contributed by atoms with Gasteiger partial charge in [0.1, 0.15) is 0 Å². The SMILES string of the molecule is C[C@]12CCCCC[C@@H]1CC[C@@H]1[C@@H]2CC[C@]2(C)C(c3cnccc3Cl)=CC[C@@H]12. The molecule has 0 spiro atoms.